The van der Waals surface area contributed by atoms with E-state index in [4.69, 9.17) is 0 Å². The maximum absolute atomic E-state index is 13.4. The number of nitro benzene ring substituents is 1. The van der Waals surface area contributed by atoms with E-state index in [9.17, 15) is 24.1 Å². The Labute approximate surface area is 95.1 Å². The van der Waals surface area contributed by atoms with Gasteiger partial charge in [0.2, 0.25) is 0 Å². The van der Waals surface area contributed by atoms with Crippen LogP contribution in [0.2, 0.25) is 0 Å². The third-order valence-electron chi connectivity index (χ3n) is 2.14. The molecule has 17 heavy (non-hydrogen) atoms. The minimum atomic E-state index is -0.858. The molecule has 1 aromatic rings. The molecule has 0 saturated carbocycles. The molecule has 90 valence electrons. The predicted octanol–water partition coefficient (Wildman–Crippen LogP) is 1.26. The highest BCUT2D eigenvalue weighted by Crippen LogP contribution is 2.23. The van der Waals surface area contributed by atoms with Crippen LogP contribution in [-0.2, 0) is 16.0 Å². The molecule has 0 spiro atoms. The number of benzene rings is 1. The zero-order valence-electron chi connectivity index (χ0n) is 8.81. The molecule has 0 N–H and O–H groups in total. The van der Waals surface area contributed by atoms with Gasteiger partial charge in [-0.2, -0.15) is 0 Å². The molecule has 0 unspecified atom stereocenters. The van der Waals surface area contributed by atoms with Gasteiger partial charge in [-0.05, 0) is 6.07 Å². The number of aldehydes is 1. The van der Waals surface area contributed by atoms with Gasteiger partial charge in [0, 0.05) is 11.6 Å². The van der Waals surface area contributed by atoms with E-state index >= 15 is 0 Å². The summed E-state index contributed by atoms with van der Waals surface area (Å²) in [5.74, 6) is -1.64. The molecule has 0 aliphatic rings. The van der Waals surface area contributed by atoms with Gasteiger partial charge in [-0.25, -0.2) is 4.39 Å². The van der Waals surface area contributed by atoms with E-state index in [-0.39, 0.29) is 11.8 Å². The summed E-state index contributed by atoms with van der Waals surface area (Å²) in [7, 11) is 1.10. The average Bonchev–Trinajstić information content (AvgIpc) is 2.30. The Bertz CT molecular complexity index is 486. The van der Waals surface area contributed by atoms with Gasteiger partial charge >= 0.3 is 5.97 Å². The number of rotatable bonds is 4. The van der Waals surface area contributed by atoms with Crippen molar-refractivity contribution in [1.82, 2.24) is 0 Å². The maximum Gasteiger partial charge on any atom is 0.310 e. The van der Waals surface area contributed by atoms with E-state index in [0.29, 0.717) is 0 Å². The normalized spacial score (nSPS) is 9.76. The third kappa shape index (κ3) is 2.63. The molecule has 0 aliphatic heterocycles. The van der Waals surface area contributed by atoms with Crippen molar-refractivity contribution in [2.75, 3.05) is 7.11 Å². The maximum atomic E-state index is 13.4. The molecule has 7 heteroatoms. The molecule has 0 atom stereocenters. The topological polar surface area (TPSA) is 86.5 Å². The fourth-order valence-corrected chi connectivity index (χ4v) is 1.31. The van der Waals surface area contributed by atoms with Crippen molar-refractivity contribution in [2.45, 2.75) is 6.42 Å². The smallest absolute Gasteiger partial charge is 0.310 e. The molecule has 0 fully saturated rings. The van der Waals surface area contributed by atoms with Crippen LogP contribution in [0.3, 0.4) is 0 Å². The molecule has 0 saturated heterocycles. The van der Waals surface area contributed by atoms with Crippen molar-refractivity contribution < 1.29 is 23.6 Å². The van der Waals surface area contributed by atoms with E-state index in [1.54, 1.807) is 0 Å². The number of hydrogen-bond donors (Lipinski definition) is 0. The second-order valence-corrected chi connectivity index (χ2v) is 3.09. The standard InChI is InChI=1S/C10H8FNO5/c1-17-10(14)4-6-7(5-13)9(12(15)16)3-2-8(6)11/h2-3,5H,4H2,1H3. The van der Waals surface area contributed by atoms with Crippen molar-refractivity contribution in [3.63, 3.8) is 0 Å². The van der Waals surface area contributed by atoms with Crippen LogP contribution in [0.4, 0.5) is 10.1 Å². The fourth-order valence-electron chi connectivity index (χ4n) is 1.31. The van der Waals surface area contributed by atoms with Gasteiger partial charge in [-0.15, -0.1) is 0 Å². The molecule has 0 aliphatic carbocycles. The number of carbonyl (C=O) groups excluding carboxylic acids is 2. The Kier molecular flexibility index (Phi) is 3.86. The Balaban J connectivity index is 3.35. The minimum Gasteiger partial charge on any atom is -0.469 e. The van der Waals surface area contributed by atoms with E-state index < -0.39 is 34.4 Å². The minimum absolute atomic E-state index is 0.152. The van der Waals surface area contributed by atoms with Crippen molar-refractivity contribution >= 4 is 17.9 Å². The molecule has 6 nitrogen and oxygen atoms in total. The Morgan fingerprint density at radius 1 is 1.59 bits per heavy atom. The van der Waals surface area contributed by atoms with Crippen molar-refractivity contribution in [3.05, 3.63) is 39.2 Å². The van der Waals surface area contributed by atoms with Gasteiger partial charge in [0.05, 0.1) is 24.0 Å². The number of halogens is 1. The average molecular weight is 241 g/mol. The molecule has 0 heterocycles. The van der Waals surface area contributed by atoms with Crippen LogP contribution < -0.4 is 0 Å². The highest BCUT2D eigenvalue weighted by atomic mass is 19.1. The molecular weight excluding hydrogens is 233 g/mol. The zero-order chi connectivity index (χ0) is 13.0. The first kappa shape index (κ1) is 12.8. The van der Waals surface area contributed by atoms with Crippen LogP contribution >= 0.6 is 0 Å². The van der Waals surface area contributed by atoms with Crippen molar-refractivity contribution in [3.8, 4) is 0 Å². The van der Waals surface area contributed by atoms with Gasteiger partial charge in [-0.3, -0.25) is 19.7 Å². The summed E-state index contributed by atoms with van der Waals surface area (Å²) in [5.41, 5.74) is -1.32. The molecule has 0 radical (unpaired) electrons. The predicted molar refractivity (Wildman–Crippen MR) is 54.2 cm³/mol. The molecule has 0 amide bonds. The first-order chi connectivity index (χ1) is 8.01. The molecule has 1 aromatic carbocycles. The summed E-state index contributed by atoms with van der Waals surface area (Å²) >= 11 is 0. The van der Waals surface area contributed by atoms with Crippen molar-refractivity contribution in [1.29, 1.82) is 0 Å². The fraction of sp³-hybridized carbons (Fsp3) is 0.200. The number of ether oxygens (including phenoxy) is 1. The van der Waals surface area contributed by atoms with E-state index in [1.807, 2.05) is 0 Å². The summed E-state index contributed by atoms with van der Waals surface area (Å²) in [5, 5.41) is 10.6. The quantitative estimate of drug-likeness (QED) is 0.343. The summed E-state index contributed by atoms with van der Waals surface area (Å²) in [6, 6.07) is 1.71. The lowest BCUT2D eigenvalue weighted by Crippen LogP contribution is -2.10. The molecule has 1 rings (SSSR count). The van der Waals surface area contributed by atoms with Crippen LogP contribution in [0.5, 0.6) is 0 Å². The number of esters is 1. The Morgan fingerprint density at radius 2 is 2.24 bits per heavy atom. The Morgan fingerprint density at radius 3 is 2.71 bits per heavy atom. The van der Waals surface area contributed by atoms with Gasteiger partial charge < -0.3 is 4.74 Å². The second kappa shape index (κ2) is 5.15. The first-order valence-corrected chi connectivity index (χ1v) is 4.49. The van der Waals surface area contributed by atoms with Crippen molar-refractivity contribution in [2.24, 2.45) is 0 Å². The zero-order valence-corrected chi connectivity index (χ0v) is 8.81. The lowest BCUT2D eigenvalue weighted by Gasteiger charge is -2.05. The summed E-state index contributed by atoms with van der Waals surface area (Å²) < 4.78 is 17.7. The first-order valence-electron chi connectivity index (χ1n) is 4.49. The number of nitrogens with zero attached hydrogens (tertiary/aromatic N) is 1. The molecule has 0 aromatic heterocycles. The van der Waals surface area contributed by atoms with E-state index in [1.165, 1.54) is 0 Å². The van der Waals surface area contributed by atoms with Gasteiger partial charge in [-0.1, -0.05) is 0 Å². The summed E-state index contributed by atoms with van der Waals surface area (Å²) in [6.45, 7) is 0. The van der Waals surface area contributed by atoms with Gasteiger partial charge in [0.15, 0.2) is 6.29 Å². The summed E-state index contributed by atoms with van der Waals surface area (Å²) in [4.78, 5) is 31.6. The number of nitro groups is 1. The lowest BCUT2D eigenvalue weighted by molar-refractivity contribution is -0.385. The van der Waals surface area contributed by atoms with Gasteiger partial charge in [0.25, 0.3) is 5.69 Å². The van der Waals surface area contributed by atoms with Crippen LogP contribution in [0.15, 0.2) is 12.1 Å². The molecular formula is C10H8FNO5. The Hall–Kier alpha value is -2.31. The highest BCUT2D eigenvalue weighted by Gasteiger charge is 2.22. The van der Waals surface area contributed by atoms with Crippen LogP contribution in [-0.4, -0.2) is 24.3 Å². The SMILES string of the molecule is COC(=O)Cc1c(F)ccc([N+](=O)[O-])c1C=O. The monoisotopic (exact) mass is 241 g/mol. The number of methoxy groups -OCH3 is 1. The van der Waals surface area contributed by atoms with Crippen LogP contribution in [0.1, 0.15) is 15.9 Å². The molecule has 0 bridgehead atoms. The lowest BCUT2D eigenvalue weighted by atomic mass is 10.0. The second-order valence-electron chi connectivity index (χ2n) is 3.09. The number of hydrogen-bond acceptors (Lipinski definition) is 5. The highest BCUT2D eigenvalue weighted by molar-refractivity contribution is 5.86. The number of carbonyl (C=O) groups is 2. The van der Waals surface area contributed by atoms with E-state index in [2.05, 4.69) is 4.74 Å². The van der Waals surface area contributed by atoms with Crippen LogP contribution in [0, 0.1) is 15.9 Å². The van der Waals surface area contributed by atoms with E-state index in [0.717, 1.165) is 19.2 Å². The largest absolute Gasteiger partial charge is 0.469 e. The van der Waals surface area contributed by atoms with Gasteiger partial charge in [0.1, 0.15) is 5.82 Å². The third-order valence-corrected chi connectivity index (χ3v) is 2.14. The van der Waals surface area contributed by atoms with Crippen LogP contribution in [0.25, 0.3) is 0 Å². The summed E-state index contributed by atoms with van der Waals surface area (Å²) in [6.07, 6.45) is -0.377.